The predicted octanol–water partition coefficient (Wildman–Crippen LogP) is -0.194. The smallest absolute Gasteiger partial charge is 0.330 e. The van der Waals surface area contributed by atoms with Crippen LogP contribution in [0.3, 0.4) is 0 Å². The van der Waals surface area contributed by atoms with E-state index in [1.165, 1.54) is 7.11 Å². The van der Waals surface area contributed by atoms with Crippen LogP contribution in [-0.4, -0.2) is 37.1 Å². The second-order valence-electron chi connectivity index (χ2n) is 4.32. The van der Waals surface area contributed by atoms with Gasteiger partial charge in [0.2, 0.25) is 5.91 Å². The number of methoxy groups -OCH3 is 1. The first-order chi connectivity index (χ1) is 6.95. The van der Waals surface area contributed by atoms with E-state index < -0.39 is 11.5 Å². The second-order valence-corrected chi connectivity index (χ2v) is 4.32. The van der Waals surface area contributed by atoms with Crippen molar-refractivity contribution in [3.8, 4) is 0 Å². The molecule has 1 fully saturated rings. The highest BCUT2D eigenvalue weighted by molar-refractivity contribution is 5.88. The van der Waals surface area contributed by atoms with Crippen molar-refractivity contribution in [1.82, 2.24) is 10.6 Å². The van der Waals surface area contributed by atoms with E-state index in [0.29, 0.717) is 6.04 Å². The fourth-order valence-electron chi connectivity index (χ4n) is 1.22. The summed E-state index contributed by atoms with van der Waals surface area (Å²) in [5.41, 5.74) is -0.961. The molecule has 0 heterocycles. The van der Waals surface area contributed by atoms with E-state index >= 15 is 0 Å². The lowest BCUT2D eigenvalue weighted by Crippen LogP contribution is -2.52. The molecule has 0 unspecified atom stereocenters. The number of carbonyl (C=O) groups excluding carboxylic acids is 2. The van der Waals surface area contributed by atoms with Crippen molar-refractivity contribution in [2.24, 2.45) is 0 Å². The summed E-state index contributed by atoms with van der Waals surface area (Å²) in [4.78, 5) is 22.7. The van der Waals surface area contributed by atoms with Crippen LogP contribution in [0.1, 0.15) is 26.7 Å². The van der Waals surface area contributed by atoms with E-state index in [4.69, 9.17) is 0 Å². The van der Waals surface area contributed by atoms with Crippen LogP contribution in [0, 0.1) is 0 Å². The molecule has 86 valence electrons. The summed E-state index contributed by atoms with van der Waals surface area (Å²) in [5.74, 6) is -0.625. The fourth-order valence-corrected chi connectivity index (χ4v) is 1.22. The zero-order valence-electron chi connectivity index (χ0n) is 9.42. The minimum absolute atomic E-state index is 0.183. The fraction of sp³-hybridized carbons (Fsp3) is 0.800. The Morgan fingerprint density at radius 3 is 2.47 bits per heavy atom. The molecule has 0 aromatic carbocycles. The minimum atomic E-state index is -0.961. The summed E-state index contributed by atoms with van der Waals surface area (Å²) in [6.07, 6.45) is 2.27. The Bertz CT molecular complexity index is 259. The minimum Gasteiger partial charge on any atom is -0.467 e. The molecule has 0 aromatic heterocycles. The van der Waals surface area contributed by atoms with E-state index in [0.717, 1.165) is 12.8 Å². The molecule has 2 N–H and O–H groups in total. The normalized spacial score (nSPS) is 15.9. The molecule has 0 aliphatic heterocycles. The Morgan fingerprint density at radius 1 is 1.40 bits per heavy atom. The average Bonchev–Trinajstić information content (AvgIpc) is 2.96. The third-order valence-corrected chi connectivity index (χ3v) is 2.28. The molecule has 1 saturated carbocycles. The standard InChI is InChI=1S/C10H18N2O3/c1-10(2,9(14)15-3)12-8(13)6-11-7-4-5-7/h7,11H,4-6H2,1-3H3,(H,12,13). The first-order valence-corrected chi connectivity index (χ1v) is 5.08. The molecular weight excluding hydrogens is 196 g/mol. The zero-order valence-corrected chi connectivity index (χ0v) is 9.42. The number of hydrogen-bond acceptors (Lipinski definition) is 4. The van der Waals surface area contributed by atoms with E-state index in [9.17, 15) is 9.59 Å². The second kappa shape index (κ2) is 4.61. The van der Waals surface area contributed by atoms with E-state index in [2.05, 4.69) is 15.4 Å². The first-order valence-electron chi connectivity index (χ1n) is 5.08. The van der Waals surface area contributed by atoms with Crippen LogP contribution < -0.4 is 10.6 Å². The van der Waals surface area contributed by atoms with Gasteiger partial charge in [0.25, 0.3) is 0 Å². The number of rotatable bonds is 5. The van der Waals surface area contributed by atoms with Crippen molar-refractivity contribution in [3.63, 3.8) is 0 Å². The predicted molar refractivity (Wildman–Crippen MR) is 55.3 cm³/mol. The summed E-state index contributed by atoms with van der Waals surface area (Å²) in [6.45, 7) is 3.49. The largest absolute Gasteiger partial charge is 0.467 e. The SMILES string of the molecule is COC(=O)C(C)(C)NC(=O)CNC1CC1. The van der Waals surface area contributed by atoms with Gasteiger partial charge in [0.05, 0.1) is 13.7 Å². The number of amides is 1. The first kappa shape index (κ1) is 12.0. The third-order valence-electron chi connectivity index (χ3n) is 2.28. The maximum atomic E-state index is 11.4. The molecule has 1 aliphatic carbocycles. The van der Waals surface area contributed by atoms with Gasteiger partial charge in [-0.05, 0) is 26.7 Å². The maximum absolute atomic E-state index is 11.4. The molecule has 0 atom stereocenters. The molecule has 0 spiro atoms. The monoisotopic (exact) mass is 214 g/mol. The maximum Gasteiger partial charge on any atom is 0.330 e. The average molecular weight is 214 g/mol. The van der Waals surface area contributed by atoms with Gasteiger partial charge in [-0.25, -0.2) is 4.79 Å². The summed E-state index contributed by atoms with van der Waals surface area (Å²) in [5, 5.41) is 5.69. The molecule has 15 heavy (non-hydrogen) atoms. The van der Waals surface area contributed by atoms with Gasteiger partial charge in [-0.3, -0.25) is 4.79 Å². The molecular formula is C10H18N2O3. The molecule has 0 aromatic rings. The molecule has 1 aliphatic rings. The quantitative estimate of drug-likeness (QED) is 0.622. The summed E-state index contributed by atoms with van der Waals surface area (Å²) >= 11 is 0. The number of esters is 1. The number of carbonyl (C=O) groups is 2. The van der Waals surface area contributed by atoms with Crippen LogP contribution >= 0.6 is 0 Å². The van der Waals surface area contributed by atoms with Gasteiger partial charge in [0, 0.05) is 6.04 Å². The Labute approximate surface area is 89.6 Å². The van der Waals surface area contributed by atoms with E-state index in [1.807, 2.05) is 0 Å². The molecule has 1 amide bonds. The van der Waals surface area contributed by atoms with Crippen LogP contribution in [0.2, 0.25) is 0 Å². The lowest BCUT2D eigenvalue weighted by Gasteiger charge is -2.23. The van der Waals surface area contributed by atoms with Gasteiger partial charge in [0.15, 0.2) is 0 Å². The van der Waals surface area contributed by atoms with Crippen LogP contribution in [0.15, 0.2) is 0 Å². The highest BCUT2D eigenvalue weighted by Crippen LogP contribution is 2.18. The third kappa shape index (κ3) is 3.87. The zero-order chi connectivity index (χ0) is 11.5. The topological polar surface area (TPSA) is 67.4 Å². The highest BCUT2D eigenvalue weighted by Gasteiger charge is 2.30. The van der Waals surface area contributed by atoms with E-state index in [1.54, 1.807) is 13.8 Å². The lowest BCUT2D eigenvalue weighted by atomic mass is 10.1. The summed E-state index contributed by atoms with van der Waals surface area (Å²) < 4.78 is 4.58. The van der Waals surface area contributed by atoms with Gasteiger partial charge >= 0.3 is 5.97 Å². The molecule has 5 heteroatoms. The number of nitrogens with one attached hydrogen (secondary N) is 2. The summed E-state index contributed by atoms with van der Waals surface area (Å²) in [6, 6.07) is 0.483. The number of ether oxygens (including phenoxy) is 1. The van der Waals surface area contributed by atoms with E-state index in [-0.39, 0.29) is 12.5 Å². The van der Waals surface area contributed by atoms with Gasteiger partial charge in [-0.2, -0.15) is 0 Å². The van der Waals surface area contributed by atoms with Crippen molar-refractivity contribution in [2.75, 3.05) is 13.7 Å². The molecule has 5 nitrogen and oxygen atoms in total. The van der Waals surface area contributed by atoms with Crippen LogP contribution in [0.5, 0.6) is 0 Å². The molecule has 0 radical (unpaired) electrons. The van der Waals surface area contributed by atoms with Crippen molar-refractivity contribution in [1.29, 1.82) is 0 Å². The van der Waals surface area contributed by atoms with Crippen molar-refractivity contribution in [3.05, 3.63) is 0 Å². The van der Waals surface area contributed by atoms with Gasteiger partial charge in [0.1, 0.15) is 5.54 Å². The Kier molecular flexibility index (Phi) is 3.68. The molecule has 0 saturated heterocycles. The summed E-state index contributed by atoms with van der Waals surface area (Å²) in [7, 11) is 1.30. The van der Waals surface area contributed by atoms with Gasteiger partial charge in [-0.15, -0.1) is 0 Å². The van der Waals surface area contributed by atoms with Gasteiger partial charge < -0.3 is 15.4 Å². The number of hydrogen-bond donors (Lipinski definition) is 2. The van der Waals surface area contributed by atoms with Crippen molar-refractivity contribution in [2.45, 2.75) is 38.3 Å². The van der Waals surface area contributed by atoms with Gasteiger partial charge in [-0.1, -0.05) is 0 Å². The highest BCUT2D eigenvalue weighted by atomic mass is 16.5. The van der Waals surface area contributed by atoms with Crippen molar-refractivity contribution < 1.29 is 14.3 Å². The molecule has 0 bridgehead atoms. The van der Waals surface area contributed by atoms with Crippen LogP contribution in [0.25, 0.3) is 0 Å². The molecule has 1 rings (SSSR count). The van der Waals surface area contributed by atoms with Crippen LogP contribution in [-0.2, 0) is 14.3 Å². The van der Waals surface area contributed by atoms with Crippen molar-refractivity contribution >= 4 is 11.9 Å². The Morgan fingerprint density at radius 2 is 2.00 bits per heavy atom. The van der Waals surface area contributed by atoms with Crippen LogP contribution in [0.4, 0.5) is 0 Å². The lowest BCUT2D eigenvalue weighted by molar-refractivity contribution is -0.149. The Hall–Kier alpha value is -1.10. The Balaban J connectivity index is 2.30.